The van der Waals surface area contributed by atoms with Crippen LogP contribution in [0.25, 0.3) is 0 Å². The topological polar surface area (TPSA) is 75.3 Å². The van der Waals surface area contributed by atoms with Gasteiger partial charge in [-0.05, 0) is 59.3 Å². The zero-order chi connectivity index (χ0) is 17.0. The summed E-state index contributed by atoms with van der Waals surface area (Å²) in [6, 6.07) is 12.4. The number of hydrogen-bond acceptors (Lipinski definition) is 3. The van der Waals surface area contributed by atoms with Gasteiger partial charge in [-0.1, -0.05) is 28.1 Å². The Bertz CT molecular complexity index is 808. The van der Waals surface area contributed by atoms with Crippen LogP contribution < -0.4 is 10.0 Å². The van der Waals surface area contributed by atoms with Crippen molar-refractivity contribution >= 4 is 53.5 Å². The van der Waals surface area contributed by atoms with Crippen LogP contribution in [0.15, 0.2) is 62.4 Å². The second-order valence-electron chi connectivity index (χ2n) is 4.77. The monoisotopic (exact) mass is 460 g/mol. The van der Waals surface area contributed by atoms with Gasteiger partial charge in [0.05, 0.1) is 16.6 Å². The molecule has 0 saturated carbocycles. The summed E-state index contributed by atoms with van der Waals surface area (Å²) in [6.07, 6.45) is 0. The number of halogens is 2. The highest BCUT2D eigenvalue weighted by molar-refractivity contribution is 9.10. The fraction of sp³-hybridized carbons (Fsp3) is 0.133. The van der Waals surface area contributed by atoms with Crippen molar-refractivity contribution in [3.63, 3.8) is 0 Å². The molecule has 0 spiro atoms. The molecule has 0 fully saturated rings. The lowest BCUT2D eigenvalue weighted by molar-refractivity contribution is -0.117. The van der Waals surface area contributed by atoms with Crippen molar-refractivity contribution in [2.45, 2.75) is 17.9 Å². The largest absolute Gasteiger partial charge is 0.324 e. The molecule has 0 heterocycles. The highest BCUT2D eigenvalue weighted by atomic mass is 79.9. The van der Waals surface area contributed by atoms with Crippen LogP contribution in [0.4, 0.5) is 5.69 Å². The predicted molar refractivity (Wildman–Crippen MR) is 96.7 cm³/mol. The first-order valence-corrected chi connectivity index (χ1v) is 9.70. The molecule has 0 aliphatic carbocycles. The number of benzene rings is 2. The van der Waals surface area contributed by atoms with Gasteiger partial charge in [0.1, 0.15) is 0 Å². The molecule has 23 heavy (non-hydrogen) atoms. The van der Waals surface area contributed by atoms with E-state index < -0.39 is 22.0 Å². The van der Waals surface area contributed by atoms with Gasteiger partial charge in [0, 0.05) is 8.95 Å². The van der Waals surface area contributed by atoms with Crippen LogP contribution in [0.3, 0.4) is 0 Å². The van der Waals surface area contributed by atoms with Crippen molar-refractivity contribution in [2.75, 3.05) is 5.32 Å². The average Bonchev–Trinajstić information content (AvgIpc) is 2.49. The molecule has 5 nitrogen and oxygen atoms in total. The number of rotatable bonds is 5. The van der Waals surface area contributed by atoms with Crippen LogP contribution in [-0.2, 0) is 14.8 Å². The van der Waals surface area contributed by atoms with Gasteiger partial charge in [0.15, 0.2) is 0 Å². The number of carbonyl (C=O) groups excluding carboxylic acids is 1. The SMILES string of the molecule is C[C@H](NS(=O)(=O)c1ccc(Br)cc1)C(=O)Nc1ccccc1Br. The minimum Gasteiger partial charge on any atom is -0.324 e. The predicted octanol–water partition coefficient (Wildman–Crippen LogP) is 3.52. The number of carbonyl (C=O) groups is 1. The molecule has 2 aromatic rings. The molecule has 0 unspecified atom stereocenters. The molecule has 0 bridgehead atoms. The van der Waals surface area contributed by atoms with Crippen molar-refractivity contribution in [3.05, 3.63) is 57.5 Å². The molecule has 2 rings (SSSR count). The van der Waals surface area contributed by atoms with Gasteiger partial charge < -0.3 is 5.32 Å². The minimum absolute atomic E-state index is 0.0984. The smallest absolute Gasteiger partial charge is 0.242 e. The maximum absolute atomic E-state index is 12.3. The zero-order valence-electron chi connectivity index (χ0n) is 12.1. The number of amides is 1. The van der Waals surface area contributed by atoms with Crippen LogP contribution in [0.5, 0.6) is 0 Å². The summed E-state index contributed by atoms with van der Waals surface area (Å²) in [5, 5.41) is 2.67. The van der Waals surface area contributed by atoms with Crippen LogP contribution in [-0.4, -0.2) is 20.4 Å². The fourth-order valence-corrected chi connectivity index (χ4v) is 3.62. The Hall–Kier alpha value is -1.22. The lowest BCUT2D eigenvalue weighted by atomic mass is 10.3. The molecule has 0 saturated heterocycles. The highest BCUT2D eigenvalue weighted by Crippen LogP contribution is 2.21. The quantitative estimate of drug-likeness (QED) is 0.715. The maximum atomic E-state index is 12.3. The van der Waals surface area contributed by atoms with Gasteiger partial charge in [-0.2, -0.15) is 4.72 Å². The Kier molecular flexibility index (Phi) is 5.96. The van der Waals surface area contributed by atoms with Gasteiger partial charge >= 0.3 is 0 Å². The molecule has 0 aliphatic heterocycles. The fourth-order valence-electron chi connectivity index (χ4n) is 1.77. The van der Waals surface area contributed by atoms with Crippen molar-refractivity contribution in [1.29, 1.82) is 0 Å². The summed E-state index contributed by atoms with van der Waals surface area (Å²) in [6.45, 7) is 1.49. The Morgan fingerprint density at radius 1 is 1.04 bits per heavy atom. The Morgan fingerprint density at radius 2 is 1.65 bits per heavy atom. The molecule has 0 aliphatic rings. The molecular weight excluding hydrogens is 448 g/mol. The Morgan fingerprint density at radius 3 is 2.26 bits per heavy atom. The van der Waals surface area contributed by atoms with E-state index in [2.05, 4.69) is 41.9 Å². The molecule has 1 amide bonds. The van der Waals surface area contributed by atoms with Crippen molar-refractivity contribution < 1.29 is 13.2 Å². The van der Waals surface area contributed by atoms with Crippen molar-refractivity contribution in [1.82, 2.24) is 4.72 Å². The van der Waals surface area contributed by atoms with Crippen LogP contribution in [0, 0.1) is 0 Å². The standard InChI is InChI=1S/C15H14Br2N2O3S/c1-10(15(20)18-14-5-3-2-4-13(14)17)19-23(21,22)12-8-6-11(16)7-9-12/h2-10,19H,1H3,(H,18,20)/t10-/m0/s1. The van der Waals surface area contributed by atoms with E-state index in [1.807, 2.05) is 6.07 Å². The number of hydrogen-bond donors (Lipinski definition) is 2. The summed E-state index contributed by atoms with van der Waals surface area (Å²) >= 11 is 6.57. The summed E-state index contributed by atoms with van der Waals surface area (Å²) in [5.41, 5.74) is 0.576. The van der Waals surface area contributed by atoms with E-state index in [4.69, 9.17) is 0 Å². The molecule has 2 aromatic carbocycles. The van der Waals surface area contributed by atoms with Gasteiger partial charge in [-0.25, -0.2) is 8.42 Å². The van der Waals surface area contributed by atoms with E-state index in [-0.39, 0.29) is 4.90 Å². The average molecular weight is 462 g/mol. The van der Waals surface area contributed by atoms with Crippen LogP contribution in [0.2, 0.25) is 0 Å². The molecular formula is C15H14Br2N2O3S. The van der Waals surface area contributed by atoms with Crippen molar-refractivity contribution in [3.8, 4) is 0 Å². The maximum Gasteiger partial charge on any atom is 0.242 e. The van der Waals surface area contributed by atoms with E-state index in [1.165, 1.54) is 19.1 Å². The van der Waals surface area contributed by atoms with Crippen molar-refractivity contribution in [2.24, 2.45) is 0 Å². The normalized spacial score (nSPS) is 12.7. The molecule has 8 heteroatoms. The summed E-state index contributed by atoms with van der Waals surface area (Å²) < 4.78 is 28.4. The van der Waals surface area contributed by atoms with Crippen LogP contribution >= 0.6 is 31.9 Å². The zero-order valence-corrected chi connectivity index (χ0v) is 16.1. The van der Waals surface area contributed by atoms with E-state index in [1.54, 1.807) is 30.3 Å². The lowest BCUT2D eigenvalue weighted by Gasteiger charge is -2.15. The van der Waals surface area contributed by atoms with Gasteiger partial charge in [-0.3, -0.25) is 4.79 Å². The third-order valence-corrected chi connectivity index (χ3v) is 5.76. The summed E-state index contributed by atoms with van der Waals surface area (Å²) in [5.74, 6) is -0.447. The second kappa shape index (κ2) is 7.57. The van der Waals surface area contributed by atoms with Gasteiger partial charge in [0.2, 0.25) is 15.9 Å². The highest BCUT2D eigenvalue weighted by Gasteiger charge is 2.22. The molecule has 2 N–H and O–H groups in total. The van der Waals surface area contributed by atoms with Crippen LogP contribution in [0.1, 0.15) is 6.92 Å². The first-order valence-electron chi connectivity index (χ1n) is 6.63. The second-order valence-corrected chi connectivity index (χ2v) is 8.25. The third kappa shape index (κ3) is 4.87. The van der Waals surface area contributed by atoms with Gasteiger partial charge in [0.25, 0.3) is 0 Å². The summed E-state index contributed by atoms with van der Waals surface area (Å²) in [7, 11) is -3.77. The molecule has 0 radical (unpaired) electrons. The van der Waals surface area contributed by atoms with E-state index >= 15 is 0 Å². The third-order valence-electron chi connectivity index (χ3n) is 2.98. The summed E-state index contributed by atoms with van der Waals surface area (Å²) in [4.78, 5) is 12.3. The minimum atomic E-state index is -3.77. The Labute approximate surface area is 151 Å². The molecule has 1 atom stereocenters. The number of nitrogens with one attached hydrogen (secondary N) is 2. The van der Waals surface area contributed by atoms with E-state index in [0.29, 0.717) is 5.69 Å². The Balaban J connectivity index is 2.08. The number of anilines is 1. The lowest BCUT2D eigenvalue weighted by Crippen LogP contribution is -2.41. The first kappa shape index (κ1) is 18.1. The number of para-hydroxylation sites is 1. The van der Waals surface area contributed by atoms with E-state index in [0.717, 1.165) is 8.95 Å². The molecule has 0 aromatic heterocycles. The first-order chi connectivity index (χ1) is 10.8. The van der Waals surface area contributed by atoms with Gasteiger partial charge in [-0.15, -0.1) is 0 Å². The van der Waals surface area contributed by atoms with E-state index in [9.17, 15) is 13.2 Å². The number of sulfonamides is 1. The molecule has 122 valence electrons.